The highest BCUT2D eigenvalue weighted by molar-refractivity contribution is 7.80. The number of ether oxygens (including phenoxy) is 2. The average molecular weight is 427 g/mol. The number of methoxy groups -OCH3 is 1. The Labute approximate surface area is 171 Å². The van der Waals surface area contributed by atoms with Crippen molar-refractivity contribution in [3.05, 3.63) is 52.0 Å². The van der Waals surface area contributed by atoms with Crippen LogP contribution in [0.3, 0.4) is 0 Å². The Hall–Kier alpha value is -2.55. The van der Waals surface area contributed by atoms with Gasteiger partial charge in [-0.15, -0.1) is 0 Å². The van der Waals surface area contributed by atoms with E-state index in [1.807, 2.05) is 0 Å². The van der Waals surface area contributed by atoms with Crippen molar-refractivity contribution in [1.29, 1.82) is 0 Å². The summed E-state index contributed by atoms with van der Waals surface area (Å²) in [4.78, 5) is 10.8. The molecule has 10 heteroatoms. The van der Waals surface area contributed by atoms with Gasteiger partial charge in [-0.05, 0) is 54.2 Å². The lowest BCUT2D eigenvalue weighted by atomic mass is 10.2. The zero-order valence-electron chi connectivity index (χ0n) is 14.2. The lowest BCUT2D eigenvalue weighted by Crippen LogP contribution is -2.24. The van der Waals surface area contributed by atoms with Gasteiger partial charge in [-0.2, -0.15) is 5.10 Å². The SMILES string of the molecule is COc1cc(/C=N/NC(=S)Nc2ccc(Cl)cc2Cl)ccc1OCC(N)=O. The van der Waals surface area contributed by atoms with Gasteiger partial charge < -0.3 is 20.5 Å². The maximum Gasteiger partial charge on any atom is 0.255 e. The molecule has 7 nitrogen and oxygen atoms in total. The third kappa shape index (κ3) is 6.59. The van der Waals surface area contributed by atoms with Crippen LogP contribution in [-0.2, 0) is 4.79 Å². The van der Waals surface area contributed by atoms with Crippen LogP contribution in [0.15, 0.2) is 41.5 Å². The number of nitrogens with two attached hydrogens (primary N) is 1. The highest BCUT2D eigenvalue weighted by Crippen LogP contribution is 2.27. The fourth-order valence-electron chi connectivity index (χ4n) is 1.94. The number of primary amides is 1. The normalized spacial score (nSPS) is 10.5. The topological polar surface area (TPSA) is 98.0 Å². The van der Waals surface area contributed by atoms with Crippen molar-refractivity contribution < 1.29 is 14.3 Å². The fraction of sp³-hybridized carbons (Fsp3) is 0.118. The molecule has 2 rings (SSSR count). The van der Waals surface area contributed by atoms with Gasteiger partial charge in [0.1, 0.15) is 0 Å². The zero-order chi connectivity index (χ0) is 19.8. The molecule has 27 heavy (non-hydrogen) atoms. The Balaban J connectivity index is 1.96. The first-order valence-corrected chi connectivity index (χ1v) is 8.69. The van der Waals surface area contributed by atoms with Crippen molar-refractivity contribution in [3.63, 3.8) is 0 Å². The Morgan fingerprint density at radius 3 is 2.70 bits per heavy atom. The average Bonchev–Trinajstić information content (AvgIpc) is 2.62. The molecule has 0 atom stereocenters. The number of anilines is 1. The van der Waals surface area contributed by atoms with Gasteiger partial charge in [0.15, 0.2) is 23.2 Å². The summed E-state index contributed by atoms with van der Waals surface area (Å²) in [7, 11) is 1.49. The molecule has 1 amide bonds. The minimum atomic E-state index is -0.575. The number of rotatable bonds is 7. The molecule has 0 saturated carbocycles. The summed E-state index contributed by atoms with van der Waals surface area (Å²) in [5.74, 6) is 0.263. The second-order valence-corrected chi connectivity index (χ2v) is 6.37. The first kappa shape index (κ1) is 20.8. The number of hydrogen-bond acceptors (Lipinski definition) is 5. The second-order valence-electron chi connectivity index (χ2n) is 5.11. The number of amides is 1. The van der Waals surface area contributed by atoms with Crippen molar-refractivity contribution in [2.24, 2.45) is 10.8 Å². The van der Waals surface area contributed by atoms with Gasteiger partial charge in [0, 0.05) is 5.02 Å². The van der Waals surface area contributed by atoms with Crippen molar-refractivity contribution in [2.45, 2.75) is 0 Å². The summed E-state index contributed by atoms with van der Waals surface area (Å²) in [6.45, 7) is -0.238. The van der Waals surface area contributed by atoms with Crippen molar-refractivity contribution in [3.8, 4) is 11.5 Å². The van der Waals surface area contributed by atoms with Gasteiger partial charge >= 0.3 is 0 Å². The zero-order valence-corrected chi connectivity index (χ0v) is 16.5. The van der Waals surface area contributed by atoms with Gasteiger partial charge in [-0.3, -0.25) is 10.2 Å². The molecule has 142 valence electrons. The molecular formula is C17H16Cl2N4O3S. The van der Waals surface area contributed by atoms with E-state index in [1.165, 1.54) is 13.3 Å². The molecule has 2 aromatic rings. The summed E-state index contributed by atoms with van der Waals surface area (Å²) in [6, 6.07) is 10.1. The van der Waals surface area contributed by atoms with Crippen LogP contribution in [0.1, 0.15) is 5.56 Å². The van der Waals surface area contributed by atoms with Gasteiger partial charge in [-0.1, -0.05) is 23.2 Å². The van der Waals surface area contributed by atoms with E-state index in [0.717, 1.165) is 5.56 Å². The van der Waals surface area contributed by atoms with Crippen molar-refractivity contribution >= 4 is 58.3 Å². The van der Waals surface area contributed by atoms with E-state index < -0.39 is 5.91 Å². The third-order valence-corrected chi connectivity index (χ3v) is 3.86. The number of hydrazone groups is 1. The van der Waals surface area contributed by atoms with Crippen LogP contribution >= 0.6 is 35.4 Å². The Morgan fingerprint density at radius 2 is 2.04 bits per heavy atom. The van der Waals surface area contributed by atoms with Crippen LogP contribution in [0.25, 0.3) is 0 Å². The first-order chi connectivity index (χ1) is 12.9. The summed E-state index contributed by atoms with van der Waals surface area (Å²) in [5.41, 5.74) is 9.06. The van der Waals surface area contributed by atoms with Crippen LogP contribution in [0, 0.1) is 0 Å². The van der Waals surface area contributed by atoms with Gasteiger partial charge in [-0.25, -0.2) is 0 Å². The van der Waals surface area contributed by atoms with E-state index >= 15 is 0 Å². The summed E-state index contributed by atoms with van der Waals surface area (Å²) >= 11 is 17.1. The van der Waals surface area contributed by atoms with Crippen LogP contribution in [0.2, 0.25) is 10.0 Å². The molecule has 0 aliphatic carbocycles. The first-order valence-electron chi connectivity index (χ1n) is 7.53. The quantitative estimate of drug-likeness (QED) is 0.357. The van der Waals surface area contributed by atoms with E-state index in [-0.39, 0.29) is 11.7 Å². The largest absolute Gasteiger partial charge is 0.493 e. The number of halogens is 2. The molecule has 0 bridgehead atoms. The van der Waals surface area contributed by atoms with Crippen LogP contribution < -0.4 is 25.9 Å². The molecule has 4 N–H and O–H groups in total. The predicted molar refractivity (Wildman–Crippen MR) is 111 cm³/mol. The smallest absolute Gasteiger partial charge is 0.255 e. The molecule has 0 spiro atoms. The lowest BCUT2D eigenvalue weighted by Gasteiger charge is -2.10. The van der Waals surface area contributed by atoms with E-state index in [1.54, 1.807) is 36.4 Å². The van der Waals surface area contributed by atoms with Crippen LogP contribution in [-0.4, -0.2) is 31.0 Å². The highest BCUT2D eigenvalue weighted by atomic mass is 35.5. The predicted octanol–water partition coefficient (Wildman–Crippen LogP) is 3.19. The molecule has 0 aliphatic heterocycles. The van der Waals surface area contributed by atoms with Crippen LogP contribution in [0.5, 0.6) is 11.5 Å². The maximum atomic E-state index is 10.8. The maximum absolute atomic E-state index is 10.8. The van der Waals surface area contributed by atoms with E-state index in [9.17, 15) is 4.79 Å². The number of carbonyl (C=O) groups excluding carboxylic acids is 1. The second kappa shape index (κ2) is 9.96. The van der Waals surface area contributed by atoms with Gasteiger partial charge in [0.25, 0.3) is 5.91 Å². The van der Waals surface area contributed by atoms with E-state index in [4.69, 9.17) is 50.6 Å². The molecule has 0 aliphatic rings. The molecular weight excluding hydrogens is 411 g/mol. The number of carbonyl (C=O) groups is 1. The third-order valence-electron chi connectivity index (χ3n) is 3.12. The molecule has 0 heterocycles. The molecule has 0 unspecified atom stereocenters. The Bertz CT molecular complexity index is 877. The van der Waals surface area contributed by atoms with Crippen molar-refractivity contribution in [1.82, 2.24) is 5.43 Å². The van der Waals surface area contributed by atoms with Gasteiger partial charge in [0.2, 0.25) is 0 Å². The molecule has 0 aromatic heterocycles. The van der Waals surface area contributed by atoms with E-state index in [0.29, 0.717) is 27.2 Å². The minimum absolute atomic E-state index is 0.238. The number of thiocarbonyl (C=S) groups is 1. The number of benzene rings is 2. The summed E-state index contributed by atoms with van der Waals surface area (Å²) in [5, 5.41) is 8.17. The van der Waals surface area contributed by atoms with Crippen LogP contribution in [0.4, 0.5) is 5.69 Å². The fourth-order valence-corrected chi connectivity index (χ4v) is 2.56. The van der Waals surface area contributed by atoms with Gasteiger partial charge in [0.05, 0.1) is 24.0 Å². The Kier molecular flexibility index (Phi) is 7.66. The highest BCUT2D eigenvalue weighted by Gasteiger charge is 2.07. The number of hydrogen-bond donors (Lipinski definition) is 3. The standard InChI is InChI=1S/C17H16Cl2N4O3S/c1-25-15-6-10(2-5-14(15)26-9-16(20)24)8-21-23-17(27)22-13-4-3-11(18)7-12(13)19/h2-8H,9H2,1H3,(H2,20,24)(H2,22,23,27)/b21-8+. The lowest BCUT2D eigenvalue weighted by molar-refractivity contribution is -0.119. The molecule has 2 aromatic carbocycles. The minimum Gasteiger partial charge on any atom is -0.493 e. The Morgan fingerprint density at radius 1 is 1.26 bits per heavy atom. The summed E-state index contributed by atoms with van der Waals surface area (Å²) in [6.07, 6.45) is 1.54. The van der Waals surface area contributed by atoms with Crippen molar-refractivity contribution in [2.75, 3.05) is 19.0 Å². The molecule has 0 fully saturated rings. The monoisotopic (exact) mass is 426 g/mol. The van der Waals surface area contributed by atoms with E-state index in [2.05, 4.69) is 15.8 Å². The number of nitrogens with zero attached hydrogens (tertiary/aromatic N) is 1. The summed E-state index contributed by atoms with van der Waals surface area (Å²) < 4.78 is 10.5. The molecule has 0 saturated heterocycles. The molecule has 0 radical (unpaired) electrons. The number of nitrogens with one attached hydrogen (secondary N) is 2.